The van der Waals surface area contributed by atoms with Gasteiger partial charge in [0.25, 0.3) is 10.5 Å². The number of piperazine rings is 2. The van der Waals surface area contributed by atoms with Crippen molar-refractivity contribution in [2.75, 3.05) is 113 Å². The summed E-state index contributed by atoms with van der Waals surface area (Å²) in [6, 6.07) is 8.32. The minimum absolute atomic E-state index is 0.0445. The Balaban J connectivity index is 0.000000179. The van der Waals surface area contributed by atoms with E-state index in [-0.39, 0.29) is 146 Å². The Morgan fingerprint density at radius 1 is 0.435 bits per heavy atom. The van der Waals surface area contributed by atoms with Crippen molar-refractivity contribution in [3.8, 4) is 28.7 Å². The predicted molar refractivity (Wildman–Crippen MR) is 522 cm³/mol. The number of esters is 4. The zero-order valence-corrected chi connectivity index (χ0v) is 83.8. The van der Waals surface area contributed by atoms with Crippen molar-refractivity contribution in [3.05, 3.63) is 191 Å². The first-order chi connectivity index (χ1) is 65.9. The van der Waals surface area contributed by atoms with Gasteiger partial charge in [0.05, 0.1) is 116 Å². The standard InChI is InChI=1S/C19H22FN3O4.2C16H15ClFNO4.2C8H4Cl3FO2.2C8H13NO2.C7H13N.C5H12N2/c1-10-8-22(6-5-21-10)16-14(20)7-12-15(18(16)27-2)23(11-3-4-11)9-13(17(12)24)19(25)26;2*1-3-23-16(21)10-7-19(8-4-5-8)13-9(14(10)20)6-11(18)12(17)15(13)22-2;2*1-14-7-5(9)3(8(11)13)2-4(12)6(7)10;2*1-2-11-8(10)5-6-9-7-3-4-7;1-2-6-4-5-8-7(6)3-1;1-5-4-6-2-3-7-5/h7,9-11,21H,3-6,8H2,1-2H3,(H,25,26);2*6-8H,3-5H2,1-2H3;2*2H,1H3;2*5-7,9H,2-4H2,1H3;6-8H,1-5H2;5-7H,2-4H2,1H3/b;;;;;2*6-5-;;/t;;;;;;;6-,7-;/m.......1./s1. The third-order valence-electron chi connectivity index (χ3n) is 22.6. The van der Waals surface area contributed by atoms with E-state index >= 15 is 4.39 Å². The van der Waals surface area contributed by atoms with Gasteiger partial charge in [-0.05, 0) is 191 Å². The third-order valence-corrected chi connectivity index (χ3v) is 25.2. The number of hydrogen-bond acceptors (Lipinski definition) is 26. The zero-order valence-electron chi connectivity index (χ0n) is 77.7. The van der Waals surface area contributed by atoms with Crippen LogP contribution in [0.15, 0.2) is 87.9 Å². The molecule has 6 heterocycles. The molecular weight excluding hydrogens is 1980 g/mol. The molecule has 5 aromatic carbocycles. The molecule has 0 bridgehead atoms. The van der Waals surface area contributed by atoms with E-state index in [1.165, 1.54) is 124 Å². The number of rotatable bonds is 24. The molecule has 4 atom stereocenters. The Labute approximate surface area is 833 Å². The van der Waals surface area contributed by atoms with Crippen molar-refractivity contribution >= 4 is 172 Å². The van der Waals surface area contributed by atoms with Gasteiger partial charge in [-0.2, -0.15) is 0 Å². The van der Waals surface area contributed by atoms with Crippen LogP contribution in [0.1, 0.15) is 201 Å². The van der Waals surface area contributed by atoms with Crippen molar-refractivity contribution in [1.82, 2.24) is 45.6 Å². The molecule has 0 amide bonds. The molecule has 0 radical (unpaired) electrons. The van der Waals surface area contributed by atoms with Gasteiger partial charge in [-0.15, -0.1) is 0 Å². The number of carboxylic acid groups (broad SMARTS) is 1. The molecule has 43 heteroatoms. The highest BCUT2D eigenvalue weighted by molar-refractivity contribution is 6.69. The van der Waals surface area contributed by atoms with Gasteiger partial charge in [0, 0.05) is 131 Å². The lowest BCUT2D eigenvalue weighted by molar-refractivity contribution is -0.138. The maximum absolute atomic E-state index is 15.1. The highest BCUT2D eigenvalue weighted by Gasteiger charge is 2.37. The number of nitrogens with zero attached hydrogens (tertiary/aromatic N) is 4. The summed E-state index contributed by atoms with van der Waals surface area (Å²) in [5.74, 6) is -5.67. The van der Waals surface area contributed by atoms with Gasteiger partial charge in [0.15, 0.2) is 34.6 Å². The number of ether oxygens (including phenoxy) is 9. The van der Waals surface area contributed by atoms with Crippen molar-refractivity contribution in [2.24, 2.45) is 5.92 Å². The second-order valence-corrected chi connectivity index (χ2v) is 35.7. The van der Waals surface area contributed by atoms with Crippen molar-refractivity contribution in [3.63, 3.8) is 0 Å². The number of fused-ring (bicyclic) bond motifs is 4. The lowest BCUT2D eigenvalue weighted by Crippen LogP contribution is -2.49. The average Bonchev–Trinajstić information content (AvgIpc) is 1.51. The Morgan fingerprint density at radius 3 is 1.15 bits per heavy atom. The van der Waals surface area contributed by atoms with Gasteiger partial charge in [0.2, 0.25) is 16.3 Å². The van der Waals surface area contributed by atoms with Crippen LogP contribution in [0.3, 0.4) is 0 Å². The minimum atomic E-state index is -1.31. The summed E-state index contributed by atoms with van der Waals surface area (Å²) in [7, 11) is 6.70. The quantitative estimate of drug-likeness (QED) is 0.00738. The van der Waals surface area contributed by atoms with E-state index in [0.29, 0.717) is 72.4 Å². The maximum Gasteiger partial charge on any atom is 0.343 e. The number of halogens is 13. The lowest BCUT2D eigenvalue weighted by atomic mass is 10.1. The second kappa shape index (κ2) is 53.1. The van der Waals surface area contributed by atoms with Crippen LogP contribution in [0.5, 0.6) is 28.7 Å². The topological polar surface area (TPSA) is 364 Å². The molecule has 3 saturated heterocycles. The molecule has 6 saturated carbocycles. The van der Waals surface area contributed by atoms with Crippen LogP contribution in [0.2, 0.25) is 30.1 Å². The first-order valence-corrected chi connectivity index (χ1v) is 47.8. The SMILES string of the molecule is C1C[C@@H]2CCN[C@@H]2C1.CC1CNCCN1.CCOC(=O)/C=C\NC1CC1.CCOC(=O)/C=C\NC1CC1.CCOC(=O)c1cn(C2CC2)c2c(OC)c(Cl)c(F)cc2c1=O.CCOC(=O)c1cn(C2CC2)c2c(OC)c(Cl)c(F)cc2c1=O.COc1c(Cl)c(F)cc(C(=O)Cl)c1Cl.COc1c(Cl)c(F)cc(C(=O)Cl)c1Cl.COc1c(N2CCNC(C)C2)c(F)cc2c(=O)c(C(=O)O)cn(C3CC3)c12. The first-order valence-electron chi connectivity index (χ1n) is 44.8. The molecule has 3 aliphatic heterocycles. The number of anilines is 1. The van der Waals surface area contributed by atoms with Crippen LogP contribution in [0, 0.1) is 35.0 Å². The van der Waals surface area contributed by atoms with E-state index in [1.54, 1.807) is 53.8 Å². The number of carbonyl (C=O) groups excluding carboxylic acids is 6. The minimum Gasteiger partial charge on any atom is -0.493 e. The fourth-order valence-corrected chi connectivity index (χ4v) is 17.2. The Kier molecular flexibility index (Phi) is 43.0. The Morgan fingerprint density at radius 2 is 0.812 bits per heavy atom. The molecule has 6 aliphatic carbocycles. The number of nitrogens with one attached hydrogen (secondary N) is 6. The second-order valence-electron chi connectivity index (χ2n) is 32.8. The van der Waals surface area contributed by atoms with Gasteiger partial charge in [-0.1, -0.05) is 76.0 Å². The molecule has 7 N–H and O–H groups in total. The first kappa shape index (κ1) is 112. The molecule has 752 valence electrons. The lowest BCUT2D eigenvalue weighted by Gasteiger charge is -2.35. The fraction of sp³-hybridized carbons (Fsp3) is 0.474. The molecule has 138 heavy (non-hydrogen) atoms. The molecule has 8 aromatic rings. The van der Waals surface area contributed by atoms with Crippen LogP contribution < -0.4 is 76.8 Å². The maximum atomic E-state index is 15.1. The number of carboxylic acids is 1. The van der Waals surface area contributed by atoms with E-state index in [2.05, 4.69) is 48.3 Å². The summed E-state index contributed by atoms with van der Waals surface area (Å²) in [6.45, 7) is 18.9. The zero-order chi connectivity index (χ0) is 101. The summed E-state index contributed by atoms with van der Waals surface area (Å²) in [4.78, 5) is 118. The van der Waals surface area contributed by atoms with Gasteiger partial charge >= 0.3 is 29.8 Å². The van der Waals surface area contributed by atoms with E-state index in [0.717, 1.165) is 107 Å². The largest absolute Gasteiger partial charge is 0.493 e. The van der Waals surface area contributed by atoms with E-state index in [4.69, 9.17) is 126 Å². The van der Waals surface area contributed by atoms with E-state index in [1.807, 2.05) is 11.8 Å². The molecular formula is C95H111Cl8F5N10O20. The molecule has 3 aromatic heterocycles. The van der Waals surface area contributed by atoms with Crippen LogP contribution in [0.4, 0.5) is 27.6 Å². The molecule has 0 spiro atoms. The summed E-state index contributed by atoms with van der Waals surface area (Å²) >= 11 is 44.8. The van der Waals surface area contributed by atoms with Gasteiger partial charge in [0.1, 0.15) is 65.7 Å². The number of carbonyl (C=O) groups is 7. The summed E-state index contributed by atoms with van der Waals surface area (Å²) in [6.07, 6.45) is 26.6. The Bertz CT molecular complexity index is 5710. The molecule has 2 unspecified atom stereocenters. The normalized spacial score (nSPS) is 17.6. The van der Waals surface area contributed by atoms with Gasteiger partial charge in [-0.25, -0.2) is 45.9 Å². The van der Waals surface area contributed by atoms with Crippen LogP contribution >= 0.6 is 92.8 Å². The van der Waals surface area contributed by atoms with Gasteiger partial charge in [-0.3, -0.25) is 24.0 Å². The monoisotopic (exact) mass is 2090 g/mol. The number of benzene rings is 5. The number of aromatic nitrogens is 3. The van der Waals surface area contributed by atoms with Crippen molar-refractivity contribution in [2.45, 2.75) is 180 Å². The number of aromatic carboxylic acids is 1. The highest BCUT2D eigenvalue weighted by atomic mass is 35.5. The molecule has 9 fully saturated rings. The van der Waals surface area contributed by atoms with Crippen LogP contribution in [-0.4, -0.2) is 197 Å². The summed E-state index contributed by atoms with van der Waals surface area (Å²) in [5, 5.41) is 26.2. The number of methoxy groups -OCH3 is 5. The van der Waals surface area contributed by atoms with Crippen LogP contribution in [-0.2, 0) is 28.5 Å². The Hall–Kier alpha value is -9.89. The fourth-order valence-electron chi connectivity index (χ4n) is 15.2. The van der Waals surface area contributed by atoms with Crippen LogP contribution in [0.25, 0.3) is 32.7 Å². The number of hydrogen-bond donors (Lipinski definition) is 7. The predicted octanol–water partition coefficient (Wildman–Crippen LogP) is 18.0. The van der Waals surface area contributed by atoms with Crippen molar-refractivity contribution in [1.29, 1.82) is 0 Å². The molecule has 9 aliphatic rings. The van der Waals surface area contributed by atoms with Gasteiger partial charge < -0.3 is 98.2 Å². The third kappa shape index (κ3) is 29.9. The summed E-state index contributed by atoms with van der Waals surface area (Å²) in [5.41, 5.74) is -1.20. The smallest absolute Gasteiger partial charge is 0.343 e. The molecule has 17 rings (SSSR count). The van der Waals surface area contributed by atoms with E-state index < -0.39 is 73.8 Å². The highest BCUT2D eigenvalue weighted by Crippen LogP contribution is 2.48. The number of pyridine rings is 3. The molecule has 30 nitrogen and oxygen atoms in total. The van der Waals surface area contributed by atoms with Crippen molar-refractivity contribution < 1.29 is 103 Å². The van der Waals surface area contributed by atoms with E-state index in [9.17, 15) is 70.6 Å². The summed E-state index contributed by atoms with van der Waals surface area (Å²) < 4.78 is 119. The average molecular weight is 2090 g/mol.